The molecule has 0 spiro atoms. The third-order valence-electron chi connectivity index (χ3n) is 2.91. The average Bonchev–Trinajstić information content (AvgIpc) is 2.87. The molecular weight excluding hydrogens is 276 g/mol. The molecule has 0 aliphatic rings. The van der Waals surface area contributed by atoms with Crippen molar-refractivity contribution in [2.45, 2.75) is 26.4 Å². The van der Waals surface area contributed by atoms with Crippen molar-refractivity contribution in [1.82, 2.24) is 4.98 Å². The van der Waals surface area contributed by atoms with Crippen LogP contribution in [0.2, 0.25) is 0 Å². The minimum Gasteiger partial charge on any atom is -0.378 e. The molecule has 2 heterocycles. The van der Waals surface area contributed by atoms with Crippen LogP contribution in [0.25, 0.3) is 0 Å². The molecule has 7 heteroatoms. The number of nitrogens with zero attached hydrogens (tertiary/aromatic N) is 3. The lowest BCUT2D eigenvalue weighted by Crippen LogP contribution is -2.30. The fourth-order valence-corrected chi connectivity index (χ4v) is 2.57. The first kappa shape index (κ1) is 14.3. The largest absolute Gasteiger partial charge is 0.378 e. The van der Waals surface area contributed by atoms with E-state index in [9.17, 15) is 10.1 Å². The van der Waals surface area contributed by atoms with Crippen molar-refractivity contribution >= 4 is 28.7 Å². The van der Waals surface area contributed by atoms with Crippen LogP contribution in [-0.4, -0.2) is 15.9 Å². The lowest BCUT2D eigenvalue weighted by atomic mass is 10.2. The van der Waals surface area contributed by atoms with E-state index in [1.165, 1.54) is 10.9 Å². The van der Waals surface area contributed by atoms with Gasteiger partial charge in [0, 0.05) is 17.0 Å². The molecule has 0 unspecified atom stereocenters. The number of aromatic nitrogens is 1. The van der Waals surface area contributed by atoms with Crippen molar-refractivity contribution in [3.05, 3.63) is 44.6 Å². The number of anilines is 2. The summed E-state index contributed by atoms with van der Waals surface area (Å²) < 4.78 is 0. The van der Waals surface area contributed by atoms with E-state index in [1.807, 2.05) is 25.3 Å². The fourth-order valence-electron chi connectivity index (χ4n) is 1.87. The molecule has 2 aromatic heterocycles. The minimum absolute atomic E-state index is 0.0515. The van der Waals surface area contributed by atoms with E-state index in [2.05, 4.69) is 16.0 Å². The molecule has 0 bridgehead atoms. The lowest BCUT2D eigenvalue weighted by molar-refractivity contribution is -0.384. The van der Waals surface area contributed by atoms with Gasteiger partial charge >= 0.3 is 5.69 Å². The number of thiophene rings is 1. The summed E-state index contributed by atoms with van der Waals surface area (Å²) in [6.45, 7) is 4.80. The topological polar surface area (TPSA) is 85.3 Å². The molecule has 2 rings (SSSR count). The molecule has 2 aromatic rings. The molecule has 6 nitrogen and oxygen atoms in total. The normalized spacial score (nSPS) is 10.8. The number of hydrogen-bond acceptors (Lipinski definition) is 6. The maximum Gasteiger partial charge on any atom is 0.311 e. The Balaban J connectivity index is 2.30. The van der Waals surface area contributed by atoms with Crippen LogP contribution in [0.1, 0.15) is 18.7 Å². The molecule has 0 radical (unpaired) electrons. The van der Waals surface area contributed by atoms with Crippen LogP contribution in [0.3, 0.4) is 0 Å². The van der Waals surface area contributed by atoms with Crippen molar-refractivity contribution in [2.24, 2.45) is 0 Å². The van der Waals surface area contributed by atoms with Gasteiger partial charge in [0.1, 0.15) is 5.82 Å². The summed E-state index contributed by atoms with van der Waals surface area (Å²) in [6, 6.07) is 7.31. The van der Waals surface area contributed by atoms with Gasteiger partial charge in [0.05, 0.1) is 11.5 Å². The molecule has 0 saturated heterocycles. The van der Waals surface area contributed by atoms with Crippen molar-refractivity contribution in [1.29, 1.82) is 0 Å². The summed E-state index contributed by atoms with van der Waals surface area (Å²) in [5.41, 5.74) is 5.50. The zero-order valence-electron chi connectivity index (χ0n) is 11.3. The second-order valence-electron chi connectivity index (χ2n) is 4.63. The number of nitro groups is 1. The second kappa shape index (κ2) is 5.87. The van der Waals surface area contributed by atoms with E-state index >= 15 is 0 Å². The smallest absolute Gasteiger partial charge is 0.311 e. The third-order valence-corrected chi connectivity index (χ3v) is 3.77. The van der Waals surface area contributed by atoms with Crippen molar-refractivity contribution in [2.75, 3.05) is 10.6 Å². The first-order valence-corrected chi connectivity index (χ1v) is 7.07. The first-order chi connectivity index (χ1) is 9.49. The predicted octanol–water partition coefficient (Wildman–Crippen LogP) is 3.05. The molecule has 0 aromatic carbocycles. The zero-order valence-corrected chi connectivity index (χ0v) is 12.1. The van der Waals surface area contributed by atoms with Crippen molar-refractivity contribution < 1.29 is 4.92 Å². The zero-order chi connectivity index (χ0) is 14.7. The van der Waals surface area contributed by atoms with Gasteiger partial charge in [-0.3, -0.25) is 10.1 Å². The Hall–Kier alpha value is -2.15. The molecule has 20 heavy (non-hydrogen) atoms. The number of hydrogen-bond donors (Lipinski definition) is 1. The van der Waals surface area contributed by atoms with Crippen LogP contribution in [0.5, 0.6) is 0 Å². The van der Waals surface area contributed by atoms with Crippen LogP contribution >= 0.6 is 11.3 Å². The van der Waals surface area contributed by atoms with Gasteiger partial charge < -0.3 is 10.6 Å². The molecule has 0 saturated carbocycles. The van der Waals surface area contributed by atoms with Crippen LogP contribution in [0, 0.1) is 10.1 Å². The van der Waals surface area contributed by atoms with Crippen molar-refractivity contribution in [3.63, 3.8) is 0 Å². The summed E-state index contributed by atoms with van der Waals surface area (Å²) in [7, 11) is 0. The summed E-state index contributed by atoms with van der Waals surface area (Å²) >= 11 is 1.67. The Morgan fingerprint density at radius 3 is 2.70 bits per heavy atom. The predicted molar refractivity (Wildman–Crippen MR) is 80.9 cm³/mol. The van der Waals surface area contributed by atoms with E-state index in [0.29, 0.717) is 12.4 Å². The van der Waals surface area contributed by atoms with Gasteiger partial charge in [0.2, 0.25) is 5.82 Å². The SMILES string of the molecule is CC(C)N(Cc1cccs1)c1ccc([N+](=O)[O-])c(N)n1. The maximum absolute atomic E-state index is 10.8. The molecule has 0 aliphatic heterocycles. The Kier molecular flexibility index (Phi) is 4.19. The van der Waals surface area contributed by atoms with E-state index in [0.717, 1.165) is 0 Å². The van der Waals surface area contributed by atoms with Crippen LogP contribution in [0.4, 0.5) is 17.3 Å². The Bertz CT molecular complexity index is 598. The standard InChI is InChI=1S/C13H16N4O2S/c1-9(2)16(8-10-4-3-7-20-10)12-6-5-11(17(18)19)13(14)15-12/h3-7,9H,8H2,1-2H3,(H2,14,15). The molecule has 106 valence electrons. The molecule has 0 atom stereocenters. The molecule has 0 aliphatic carbocycles. The molecular formula is C13H16N4O2S. The van der Waals surface area contributed by atoms with Gasteiger partial charge in [-0.2, -0.15) is 0 Å². The van der Waals surface area contributed by atoms with E-state index < -0.39 is 4.92 Å². The molecule has 0 fully saturated rings. The van der Waals surface area contributed by atoms with Gasteiger partial charge in [0.15, 0.2) is 0 Å². The third kappa shape index (κ3) is 3.05. The summed E-state index contributed by atoms with van der Waals surface area (Å²) in [5.74, 6) is 0.598. The Labute approximate surface area is 121 Å². The highest BCUT2D eigenvalue weighted by Gasteiger charge is 2.18. The first-order valence-electron chi connectivity index (χ1n) is 6.19. The Morgan fingerprint density at radius 2 is 2.20 bits per heavy atom. The molecule has 0 amide bonds. The molecule has 2 N–H and O–H groups in total. The van der Waals surface area contributed by atoms with E-state index in [1.54, 1.807) is 17.4 Å². The monoisotopic (exact) mass is 292 g/mol. The number of pyridine rings is 1. The highest BCUT2D eigenvalue weighted by atomic mass is 32.1. The highest BCUT2D eigenvalue weighted by Crippen LogP contribution is 2.26. The number of rotatable bonds is 5. The maximum atomic E-state index is 10.8. The minimum atomic E-state index is -0.523. The summed E-state index contributed by atoms with van der Waals surface area (Å²) in [4.78, 5) is 17.7. The Morgan fingerprint density at radius 1 is 1.45 bits per heavy atom. The lowest BCUT2D eigenvalue weighted by Gasteiger charge is -2.27. The van der Waals surface area contributed by atoms with E-state index in [-0.39, 0.29) is 17.5 Å². The average molecular weight is 292 g/mol. The van der Waals surface area contributed by atoms with Crippen LogP contribution in [0.15, 0.2) is 29.6 Å². The van der Waals surface area contributed by atoms with E-state index in [4.69, 9.17) is 5.73 Å². The van der Waals surface area contributed by atoms with Crippen molar-refractivity contribution in [3.8, 4) is 0 Å². The summed E-state index contributed by atoms with van der Waals surface area (Å²) in [6.07, 6.45) is 0. The van der Waals surface area contributed by atoms with Gasteiger partial charge in [0.25, 0.3) is 0 Å². The second-order valence-corrected chi connectivity index (χ2v) is 5.66. The van der Waals surface area contributed by atoms with Crippen LogP contribution < -0.4 is 10.6 Å². The quantitative estimate of drug-likeness (QED) is 0.676. The van der Waals surface area contributed by atoms with Crippen LogP contribution in [-0.2, 0) is 6.54 Å². The number of nitrogens with two attached hydrogens (primary N) is 1. The van der Waals surface area contributed by atoms with Gasteiger partial charge in [-0.25, -0.2) is 4.98 Å². The fraction of sp³-hybridized carbons (Fsp3) is 0.308. The summed E-state index contributed by atoms with van der Waals surface area (Å²) in [5, 5.41) is 12.8. The van der Waals surface area contributed by atoms with Gasteiger partial charge in [-0.05, 0) is 31.4 Å². The van der Waals surface area contributed by atoms with Gasteiger partial charge in [-0.1, -0.05) is 6.07 Å². The van der Waals surface area contributed by atoms with Gasteiger partial charge in [-0.15, -0.1) is 11.3 Å². The number of nitrogen functional groups attached to an aromatic ring is 1. The highest BCUT2D eigenvalue weighted by molar-refractivity contribution is 7.09.